The Balaban J connectivity index is 1.01. The smallest absolute Gasteiger partial charge is 0.229 e. The van der Waals surface area contributed by atoms with Crippen molar-refractivity contribution >= 4 is 5.91 Å². The van der Waals surface area contributed by atoms with Crippen LogP contribution in [0.1, 0.15) is 125 Å². The summed E-state index contributed by atoms with van der Waals surface area (Å²) < 4.78 is 5.54. The van der Waals surface area contributed by atoms with Gasteiger partial charge < -0.3 is 14.7 Å². The van der Waals surface area contributed by atoms with E-state index in [1.165, 1.54) is 70.8 Å². The summed E-state index contributed by atoms with van der Waals surface area (Å²) in [7, 11) is 0. The zero-order valence-electron chi connectivity index (χ0n) is 31.8. The summed E-state index contributed by atoms with van der Waals surface area (Å²) in [6, 6.07) is 0. The number of ether oxygens (including phenoxy) is 1. The first-order valence-corrected chi connectivity index (χ1v) is 20.8. The fourth-order valence-electron chi connectivity index (χ4n) is 15.1. The molecule has 0 spiro atoms. The van der Waals surface area contributed by atoms with E-state index < -0.39 is 0 Å². The summed E-state index contributed by atoms with van der Waals surface area (Å²) in [6.07, 6.45) is 16.0. The van der Waals surface area contributed by atoms with Crippen molar-refractivity contribution in [2.45, 2.75) is 131 Å². The predicted octanol–water partition coefficient (Wildman–Crippen LogP) is 7.10. The van der Waals surface area contributed by atoms with Crippen LogP contribution in [0.5, 0.6) is 0 Å². The minimum Gasteiger partial charge on any atom is -0.393 e. The van der Waals surface area contributed by atoms with Gasteiger partial charge in [-0.1, -0.05) is 41.5 Å². The number of hydrogen-bond donors (Lipinski definition) is 1. The van der Waals surface area contributed by atoms with E-state index in [1.54, 1.807) is 0 Å². The van der Waals surface area contributed by atoms with E-state index in [-0.39, 0.29) is 16.9 Å². The van der Waals surface area contributed by atoms with Gasteiger partial charge in [-0.05, 0) is 153 Å². The molecular weight excluding hydrogens is 594 g/mol. The molecule has 0 radical (unpaired) electrons. The van der Waals surface area contributed by atoms with E-state index in [2.05, 4.69) is 56.2 Å². The lowest BCUT2D eigenvalue weighted by atomic mass is 9.32. The van der Waals surface area contributed by atoms with Gasteiger partial charge in [-0.25, -0.2) is 0 Å². The Morgan fingerprint density at radius 2 is 1.35 bits per heavy atom. The normalized spacial score (nSPS) is 48.6. The van der Waals surface area contributed by atoms with Crippen molar-refractivity contribution in [1.82, 2.24) is 14.7 Å². The zero-order valence-corrected chi connectivity index (χ0v) is 31.8. The first-order valence-electron chi connectivity index (χ1n) is 20.8. The second-order valence-electron chi connectivity index (χ2n) is 20.5. The Labute approximate surface area is 293 Å². The molecule has 0 aromatic heterocycles. The van der Waals surface area contributed by atoms with Crippen LogP contribution < -0.4 is 0 Å². The van der Waals surface area contributed by atoms with Gasteiger partial charge in [-0.2, -0.15) is 0 Å². The monoisotopic (exact) mass is 666 g/mol. The third-order valence-corrected chi connectivity index (χ3v) is 18.5. The SMILES string of the molecule is CC1(C2CCC3(C(=O)N4CCN(CCCN5CCOCC5)CC4)CCC4(C)C(CCC5C6(C)CCC(O)C(C)(C)C6CCC54C)C23)CC1. The number of aliphatic hydroxyl groups is 1. The number of morpholine rings is 1. The van der Waals surface area contributed by atoms with Crippen molar-refractivity contribution in [2.24, 2.45) is 62.1 Å². The molecule has 8 aliphatic rings. The first-order chi connectivity index (χ1) is 22.8. The predicted molar refractivity (Wildman–Crippen MR) is 192 cm³/mol. The van der Waals surface area contributed by atoms with Crippen molar-refractivity contribution in [3.63, 3.8) is 0 Å². The molecule has 6 heteroatoms. The van der Waals surface area contributed by atoms with Crippen LogP contribution >= 0.6 is 0 Å². The van der Waals surface area contributed by atoms with Gasteiger partial charge in [-0.3, -0.25) is 14.6 Å². The molecule has 6 aliphatic carbocycles. The maximum atomic E-state index is 15.1. The van der Waals surface area contributed by atoms with E-state index in [0.717, 1.165) is 90.1 Å². The fourth-order valence-corrected chi connectivity index (χ4v) is 15.1. The number of amides is 1. The van der Waals surface area contributed by atoms with Gasteiger partial charge >= 0.3 is 0 Å². The van der Waals surface area contributed by atoms with Gasteiger partial charge in [0, 0.05) is 39.3 Å². The number of fused-ring (bicyclic) bond motifs is 7. The third kappa shape index (κ3) is 5.01. The average Bonchev–Trinajstić information content (AvgIpc) is 3.69. The van der Waals surface area contributed by atoms with Gasteiger partial charge in [0.1, 0.15) is 0 Å². The second kappa shape index (κ2) is 11.9. The van der Waals surface area contributed by atoms with Crippen LogP contribution in [0.2, 0.25) is 0 Å². The van der Waals surface area contributed by atoms with E-state index in [9.17, 15) is 5.11 Å². The van der Waals surface area contributed by atoms with E-state index in [1.807, 2.05) is 0 Å². The summed E-state index contributed by atoms with van der Waals surface area (Å²) in [5.41, 5.74) is 1.28. The van der Waals surface area contributed by atoms with E-state index >= 15 is 4.79 Å². The summed E-state index contributed by atoms with van der Waals surface area (Å²) in [5, 5.41) is 11.1. The number of hydrogen-bond acceptors (Lipinski definition) is 5. The summed E-state index contributed by atoms with van der Waals surface area (Å²) in [5.74, 6) is 3.87. The molecular formula is C42H71N3O3. The molecule has 1 N–H and O–H groups in total. The topological polar surface area (TPSA) is 56.3 Å². The molecule has 6 saturated carbocycles. The van der Waals surface area contributed by atoms with Crippen LogP contribution in [0.25, 0.3) is 0 Å². The molecule has 0 aromatic carbocycles. The molecule has 8 fully saturated rings. The van der Waals surface area contributed by atoms with Crippen LogP contribution in [0.4, 0.5) is 0 Å². The van der Waals surface area contributed by atoms with Gasteiger partial charge in [-0.15, -0.1) is 0 Å². The molecule has 6 nitrogen and oxygen atoms in total. The Hall–Kier alpha value is -0.690. The molecule has 8 rings (SSSR count). The zero-order chi connectivity index (χ0) is 33.7. The van der Waals surface area contributed by atoms with E-state index in [0.29, 0.717) is 45.3 Å². The summed E-state index contributed by atoms with van der Waals surface area (Å²) in [6.45, 7) is 25.7. The lowest BCUT2D eigenvalue weighted by molar-refractivity contribution is -0.249. The van der Waals surface area contributed by atoms with E-state index in [4.69, 9.17) is 4.74 Å². The molecule has 0 bridgehead atoms. The Morgan fingerprint density at radius 1 is 0.667 bits per heavy atom. The molecule has 0 aromatic rings. The minimum absolute atomic E-state index is 0.00406. The summed E-state index contributed by atoms with van der Waals surface area (Å²) in [4.78, 5) is 22.7. The molecule has 10 unspecified atom stereocenters. The van der Waals surface area contributed by atoms with Crippen molar-refractivity contribution in [2.75, 3.05) is 65.6 Å². The molecule has 2 aliphatic heterocycles. The van der Waals surface area contributed by atoms with Crippen molar-refractivity contribution in [1.29, 1.82) is 0 Å². The second-order valence-corrected chi connectivity index (χ2v) is 20.5. The molecule has 48 heavy (non-hydrogen) atoms. The Kier molecular flexibility index (Phi) is 8.54. The molecule has 2 saturated heterocycles. The molecule has 1 amide bonds. The number of carbonyl (C=O) groups is 1. The highest BCUT2D eigenvalue weighted by Gasteiger charge is 2.73. The standard InChI is InChI=1S/C42H71N3O3/c1-37(2)32-11-14-41(6)33(39(32,4)13-12-34(37)46)9-8-31-35-30(38(3)16-17-38)10-15-42(35,19-18-40(31,41)5)36(47)45-24-22-43(23-25-45)20-7-21-44-26-28-48-29-27-44/h30-35,46H,7-29H2,1-6H3. The quantitative estimate of drug-likeness (QED) is 0.328. The van der Waals surface area contributed by atoms with Crippen LogP contribution in [0.15, 0.2) is 0 Å². The van der Waals surface area contributed by atoms with Crippen molar-refractivity contribution in [3.8, 4) is 0 Å². The molecule has 10 atom stereocenters. The number of piperazine rings is 1. The maximum Gasteiger partial charge on any atom is 0.229 e. The highest BCUT2D eigenvalue weighted by molar-refractivity contribution is 5.84. The van der Waals surface area contributed by atoms with Gasteiger partial charge in [0.25, 0.3) is 0 Å². The fraction of sp³-hybridized carbons (Fsp3) is 0.976. The number of carbonyl (C=O) groups excluding carboxylic acids is 1. The van der Waals surface area contributed by atoms with Crippen LogP contribution in [0, 0.1) is 62.1 Å². The largest absolute Gasteiger partial charge is 0.393 e. The van der Waals surface area contributed by atoms with Crippen LogP contribution in [0.3, 0.4) is 0 Å². The Morgan fingerprint density at radius 3 is 2.04 bits per heavy atom. The van der Waals surface area contributed by atoms with Gasteiger partial charge in [0.05, 0.1) is 24.7 Å². The van der Waals surface area contributed by atoms with Gasteiger partial charge in [0.2, 0.25) is 5.91 Å². The minimum atomic E-state index is -0.163. The Bertz CT molecular complexity index is 1220. The number of nitrogens with zero attached hydrogens (tertiary/aromatic N) is 3. The lowest BCUT2D eigenvalue weighted by Gasteiger charge is -2.73. The lowest BCUT2D eigenvalue weighted by Crippen LogP contribution is -2.67. The average molecular weight is 666 g/mol. The number of rotatable bonds is 6. The highest BCUT2D eigenvalue weighted by atomic mass is 16.5. The van der Waals surface area contributed by atoms with Crippen LogP contribution in [-0.2, 0) is 9.53 Å². The maximum absolute atomic E-state index is 15.1. The molecule has 2 heterocycles. The highest BCUT2D eigenvalue weighted by Crippen LogP contribution is 2.79. The number of aliphatic hydroxyl groups excluding tert-OH is 1. The first kappa shape index (κ1) is 34.4. The molecule has 272 valence electrons. The summed E-state index contributed by atoms with van der Waals surface area (Å²) >= 11 is 0. The van der Waals surface area contributed by atoms with Crippen LogP contribution in [-0.4, -0.2) is 97.4 Å². The van der Waals surface area contributed by atoms with Gasteiger partial charge in [0.15, 0.2) is 0 Å². The van der Waals surface area contributed by atoms with Crippen molar-refractivity contribution in [3.05, 3.63) is 0 Å². The van der Waals surface area contributed by atoms with Crippen molar-refractivity contribution < 1.29 is 14.6 Å². The third-order valence-electron chi connectivity index (χ3n) is 18.5.